The van der Waals surface area contributed by atoms with E-state index in [4.69, 9.17) is 4.74 Å². The Labute approximate surface area is 119 Å². The number of carbonyl (C=O) groups is 1. The van der Waals surface area contributed by atoms with E-state index < -0.39 is 5.95 Å². The van der Waals surface area contributed by atoms with Gasteiger partial charge in [0.25, 0.3) is 5.03 Å². The molecule has 7 nitrogen and oxygen atoms in total. The summed E-state index contributed by atoms with van der Waals surface area (Å²) in [5.41, 5.74) is 0.581. The third kappa shape index (κ3) is 3.21. The van der Waals surface area contributed by atoms with E-state index in [0.29, 0.717) is 11.4 Å². The number of anilines is 1. The molecule has 1 amide bonds. The standard InChI is InChI=1S/C12H13N3O4S/c1-15-11(12(17)19-14-15)20-7-10(16)13-8-5-3-4-6-9(8)18-2/h3-6H,7H2,1-2H3,(H-,13,14,16,17). The lowest BCUT2D eigenvalue weighted by Gasteiger charge is -2.08. The first-order valence-electron chi connectivity index (χ1n) is 5.70. The van der Waals surface area contributed by atoms with Gasteiger partial charge in [-0.05, 0) is 23.9 Å². The minimum absolute atomic E-state index is 0.0718. The van der Waals surface area contributed by atoms with Crippen molar-refractivity contribution in [2.45, 2.75) is 5.03 Å². The summed E-state index contributed by atoms with van der Waals surface area (Å²) in [5, 5.41) is 17.7. The number of aromatic nitrogens is 2. The van der Waals surface area contributed by atoms with Crippen LogP contribution in [0.2, 0.25) is 0 Å². The predicted molar refractivity (Wildman–Crippen MR) is 69.5 cm³/mol. The molecule has 20 heavy (non-hydrogen) atoms. The maximum absolute atomic E-state index is 11.8. The minimum atomic E-state index is -0.553. The van der Waals surface area contributed by atoms with Crippen LogP contribution in [0.25, 0.3) is 0 Å². The molecule has 1 aromatic carbocycles. The number of thioether (sulfide) groups is 1. The minimum Gasteiger partial charge on any atom is -0.538 e. The monoisotopic (exact) mass is 295 g/mol. The van der Waals surface area contributed by atoms with Crippen LogP contribution < -0.4 is 19.8 Å². The molecule has 0 saturated heterocycles. The number of ether oxygens (including phenoxy) is 1. The van der Waals surface area contributed by atoms with Gasteiger partial charge in [-0.2, -0.15) is 0 Å². The van der Waals surface area contributed by atoms with Crippen LogP contribution in [0.15, 0.2) is 33.8 Å². The van der Waals surface area contributed by atoms with Gasteiger partial charge in [-0.3, -0.25) is 4.79 Å². The first kappa shape index (κ1) is 14.2. The van der Waals surface area contributed by atoms with E-state index >= 15 is 0 Å². The fourth-order valence-electron chi connectivity index (χ4n) is 1.53. The van der Waals surface area contributed by atoms with E-state index in [1.165, 1.54) is 11.8 Å². The molecule has 8 heteroatoms. The van der Waals surface area contributed by atoms with Gasteiger partial charge in [-0.15, -0.1) is 0 Å². The zero-order valence-electron chi connectivity index (χ0n) is 11.0. The summed E-state index contributed by atoms with van der Waals surface area (Å²) in [6, 6.07) is 7.09. The van der Waals surface area contributed by atoms with E-state index in [2.05, 4.69) is 15.1 Å². The number of nitrogens with zero attached hydrogens (tertiary/aromatic N) is 2. The van der Waals surface area contributed by atoms with Crippen LogP contribution in [0.4, 0.5) is 5.69 Å². The number of aryl methyl sites for hydroxylation is 1. The molecule has 1 N–H and O–H groups in total. The van der Waals surface area contributed by atoms with E-state index in [9.17, 15) is 9.90 Å². The van der Waals surface area contributed by atoms with Gasteiger partial charge in [0, 0.05) is 0 Å². The second-order valence-corrected chi connectivity index (χ2v) is 4.79. The molecule has 0 spiro atoms. The van der Waals surface area contributed by atoms with Gasteiger partial charge in [0.15, 0.2) is 13.0 Å². The Kier molecular flexibility index (Phi) is 4.46. The molecule has 0 aliphatic heterocycles. The fraction of sp³-hybridized carbons (Fsp3) is 0.250. The van der Waals surface area contributed by atoms with E-state index in [0.717, 1.165) is 11.8 Å². The van der Waals surface area contributed by atoms with E-state index in [-0.39, 0.29) is 16.7 Å². The number of rotatable bonds is 5. The van der Waals surface area contributed by atoms with Crippen molar-refractivity contribution in [2.24, 2.45) is 7.05 Å². The van der Waals surface area contributed by atoms with Crippen LogP contribution >= 0.6 is 11.8 Å². The van der Waals surface area contributed by atoms with Crippen molar-refractivity contribution in [3.8, 4) is 11.7 Å². The largest absolute Gasteiger partial charge is 0.538 e. The summed E-state index contributed by atoms with van der Waals surface area (Å²) in [4.78, 5) is 11.8. The van der Waals surface area contributed by atoms with Gasteiger partial charge in [-0.1, -0.05) is 16.8 Å². The lowest BCUT2D eigenvalue weighted by molar-refractivity contribution is -0.772. The van der Waals surface area contributed by atoms with E-state index in [1.54, 1.807) is 25.2 Å². The SMILES string of the molecule is COc1ccccc1NC(=O)CSc1c([O-])on[n+]1C. The summed E-state index contributed by atoms with van der Waals surface area (Å²) in [7, 11) is 3.10. The number of nitrogens with one attached hydrogen (secondary N) is 1. The topological polar surface area (TPSA) is 91.3 Å². The number of hydrogen-bond acceptors (Lipinski definition) is 6. The lowest BCUT2D eigenvalue weighted by Crippen LogP contribution is -2.32. The lowest BCUT2D eigenvalue weighted by atomic mass is 10.3. The number of hydrogen-bond donors (Lipinski definition) is 1. The number of carbonyl (C=O) groups excluding carboxylic acids is 1. The molecule has 1 aromatic heterocycles. The average molecular weight is 295 g/mol. The Balaban J connectivity index is 1.96. The molecule has 106 valence electrons. The molecule has 0 unspecified atom stereocenters. The van der Waals surface area contributed by atoms with Crippen molar-refractivity contribution in [1.82, 2.24) is 5.27 Å². The third-order valence-corrected chi connectivity index (χ3v) is 3.55. The summed E-state index contributed by atoms with van der Waals surface area (Å²) >= 11 is 1.06. The Bertz CT molecular complexity index is 595. The molecule has 0 fully saturated rings. The number of para-hydroxylation sites is 2. The highest BCUT2D eigenvalue weighted by Gasteiger charge is 2.16. The number of amides is 1. The Morgan fingerprint density at radius 2 is 2.30 bits per heavy atom. The highest BCUT2D eigenvalue weighted by Crippen LogP contribution is 2.24. The van der Waals surface area contributed by atoms with Crippen LogP contribution in [0.5, 0.6) is 11.7 Å². The molecule has 0 bridgehead atoms. The first-order chi connectivity index (χ1) is 9.61. The number of methoxy groups -OCH3 is 1. The van der Waals surface area contributed by atoms with Crippen molar-refractivity contribution in [3.05, 3.63) is 24.3 Å². The Morgan fingerprint density at radius 1 is 1.55 bits per heavy atom. The van der Waals surface area contributed by atoms with Crippen LogP contribution in [-0.2, 0) is 11.8 Å². The van der Waals surface area contributed by atoms with Crippen LogP contribution in [0.1, 0.15) is 0 Å². The quantitative estimate of drug-likeness (QED) is 0.630. The Hall–Kier alpha value is -2.22. The van der Waals surface area contributed by atoms with Crippen molar-refractivity contribution < 1.29 is 23.8 Å². The summed E-state index contributed by atoms with van der Waals surface area (Å²) < 4.78 is 10.9. The normalized spacial score (nSPS) is 10.3. The average Bonchev–Trinajstić information content (AvgIpc) is 2.76. The molecule has 0 radical (unpaired) electrons. The fourth-order valence-corrected chi connectivity index (χ4v) is 2.24. The van der Waals surface area contributed by atoms with Crippen molar-refractivity contribution in [1.29, 1.82) is 0 Å². The van der Waals surface area contributed by atoms with Gasteiger partial charge < -0.3 is 19.7 Å². The molecular formula is C12H13N3O4S. The van der Waals surface area contributed by atoms with Gasteiger partial charge in [0.1, 0.15) is 5.75 Å². The highest BCUT2D eigenvalue weighted by atomic mass is 32.2. The van der Waals surface area contributed by atoms with Crippen molar-refractivity contribution in [3.63, 3.8) is 0 Å². The summed E-state index contributed by atoms with van der Waals surface area (Å²) in [6.45, 7) is 0. The maximum Gasteiger partial charge on any atom is 0.291 e. The molecule has 0 atom stereocenters. The molecule has 2 aromatic rings. The van der Waals surface area contributed by atoms with Crippen LogP contribution in [0.3, 0.4) is 0 Å². The van der Waals surface area contributed by atoms with Crippen molar-refractivity contribution >= 4 is 23.4 Å². The molecule has 0 aliphatic carbocycles. The Morgan fingerprint density at radius 3 is 2.95 bits per heavy atom. The van der Waals surface area contributed by atoms with Crippen LogP contribution in [-0.4, -0.2) is 24.0 Å². The highest BCUT2D eigenvalue weighted by molar-refractivity contribution is 7.99. The van der Waals surface area contributed by atoms with Gasteiger partial charge in [0.2, 0.25) is 5.91 Å². The van der Waals surface area contributed by atoms with Gasteiger partial charge in [-0.25, -0.2) is 0 Å². The predicted octanol–water partition coefficient (Wildman–Crippen LogP) is 0.312. The van der Waals surface area contributed by atoms with Gasteiger partial charge in [0.05, 0.1) is 23.8 Å². The maximum atomic E-state index is 11.8. The molecule has 0 aliphatic rings. The zero-order chi connectivity index (χ0) is 14.5. The third-order valence-electron chi connectivity index (χ3n) is 2.44. The molecule has 0 saturated carbocycles. The second kappa shape index (κ2) is 6.29. The smallest absolute Gasteiger partial charge is 0.291 e. The van der Waals surface area contributed by atoms with Crippen LogP contribution in [0, 0.1) is 0 Å². The summed E-state index contributed by atoms with van der Waals surface area (Å²) in [6.07, 6.45) is 0. The first-order valence-corrected chi connectivity index (χ1v) is 6.69. The van der Waals surface area contributed by atoms with Gasteiger partial charge >= 0.3 is 0 Å². The number of benzene rings is 1. The molecular weight excluding hydrogens is 282 g/mol. The molecule has 2 rings (SSSR count). The second-order valence-electron chi connectivity index (χ2n) is 3.83. The summed E-state index contributed by atoms with van der Waals surface area (Å²) in [5.74, 6) is -0.156. The van der Waals surface area contributed by atoms with Crippen molar-refractivity contribution in [2.75, 3.05) is 18.2 Å². The molecule has 1 heterocycles. The zero-order valence-corrected chi connectivity index (χ0v) is 11.8. The van der Waals surface area contributed by atoms with E-state index in [1.807, 2.05) is 6.07 Å².